The Hall–Kier alpha value is -0.830. The van der Waals surface area contributed by atoms with Gasteiger partial charge >= 0.3 is 5.97 Å². The van der Waals surface area contributed by atoms with Crippen LogP contribution < -0.4 is 0 Å². The summed E-state index contributed by atoms with van der Waals surface area (Å²) in [5.74, 6) is -0.836. The van der Waals surface area contributed by atoms with Crippen LogP contribution in [0.25, 0.3) is 0 Å². The van der Waals surface area contributed by atoms with Gasteiger partial charge in [-0.2, -0.15) is 0 Å². The van der Waals surface area contributed by atoms with Gasteiger partial charge < -0.3 is 19.5 Å². The molecule has 0 spiro atoms. The predicted octanol–water partition coefficient (Wildman–Crippen LogP) is 1.51. The number of unbranched alkanes of at least 4 members (excludes halogenated alkanes) is 3. The maximum Gasteiger partial charge on any atom is 0.303 e. The number of hydrogen-bond donors (Lipinski definition) is 2. The molecule has 1 aliphatic heterocycles. The van der Waals surface area contributed by atoms with E-state index in [0.29, 0.717) is 32.4 Å². The second kappa shape index (κ2) is 12.5. The lowest BCUT2D eigenvalue weighted by molar-refractivity contribution is -0.137. The Morgan fingerprint density at radius 1 is 1.40 bits per heavy atom. The fourth-order valence-electron chi connectivity index (χ4n) is 2.84. The van der Waals surface area contributed by atoms with Crippen molar-refractivity contribution in [1.82, 2.24) is 4.90 Å². The number of hydrogen-bond acceptors (Lipinski definition) is 5. The number of carbonyl (C=O) groups is 2. The average molecular weight is 378 g/mol. The zero-order chi connectivity index (χ0) is 18.7. The number of nitrogens with zero attached hydrogens (tertiary/aromatic N) is 1. The van der Waals surface area contributed by atoms with Crippen molar-refractivity contribution in [3.8, 4) is 0 Å². The minimum absolute atomic E-state index is 0.0616. The first-order valence-corrected chi connectivity index (χ1v) is 10.5. The maximum absolute atomic E-state index is 12.1. The van der Waals surface area contributed by atoms with Gasteiger partial charge in [0.1, 0.15) is 0 Å². The summed E-state index contributed by atoms with van der Waals surface area (Å²) in [7, 11) is 0. The summed E-state index contributed by atoms with van der Waals surface area (Å²) in [6.07, 6.45) is 4.70. The largest absolute Gasteiger partial charge is 0.614 e. The Bertz CT molecular complexity index is 409. The Labute approximate surface area is 152 Å². The normalized spacial score (nSPS) is 21.7. The Morgan fingerprint density at radius 3 is 2.80 bits per heavy atom. The molecule has 1 saturated heterocycles. The van der Waals surface area contributed by atoms with Crippen LogP contribution in [0.1, 0.15) is 58.3 Å². The third-order valence-corrected chi connectivity index (χ3v) is 5.82. The molecule has 0 aromatic rings. The molecule has 7 nitrogen and oxygen atoms in total. The summed E-state index contributed by atoms with van der Waals surface area (Å²) < 4.78 is 17.4. The van der Waals surface area contributed by atoms with E-state index in [1.165, 1.54) is 0 Å². The highest BCUT2D eigenvalue weighted by atomic mass is 32.2. The lowest BCUT2D eigenvalue weighted by Gasteiger charge is -2.24. The zero-order valence-corrected chi connectivity index (χ0v) is 15.8. The average Bonchev–Trinajstić information content (AvgIpc) is 2.82. The number of rotatable bonds is 14. The molecule has 0 aromatic heterocycles. The lowest BCUT2D eigenvalue weighted by Crippen LogP contribution is -2.38. The van der Waals surface area contributed by atoms with Crippen LogP contribution in [0, 0.1) is 0 Å². The number of aliphatic hydroxyl groups excluding tert-OH is 1. The van der Waals surface area contributed by atoms with Gasteiger partial charge in [0, 0.05) is 26.0 Å². The molecule has 0 aliphatic carbocycles. The summed E-state index contributed by atoms with van der Waals surface area (Å²) in [6.45, 7) is 3.25. The number of carboxylic acid groups (broad SMARTS) is 1. The topological polar surface area (TPSA) is 110 Å². The van der Waals surface area contributed by atoms with E-state index in [9.17, 15) is 19.2 Å². The molecule has 25 heavy (non-hydrogen) atoms. The lowest BCUT2D eigenvalue weighted by atomic mass is 10.1. The van der Waals surface area contributed by atoms with E-state index in [4.69, 9.17) is 9.84 Å². The highest BCUT2D eigenvalue weighted by Gasteiger charge is 2.41. The first-order valence-electron chi connectivity index (χ1n) is 9.10. The van der Waals surface area contributed by atoms with E-state index < -0.39 is 23.2 Å². The van der Waals surface area contributed by atoms with Crippen LogP contribution in [0.5, 0.6) is 0 Å². The molecular weight excluding hydrogens is 346 g/mol. The highest BCUT2D eigenvalue weighted by molar-refractivity contribution is 7.93. The second-order valence-corrected chi connectivity index (χ2v) is 8.03. The van der Waals surface area contributed by atoms with Crippen LogP contribution in [0.3, 0.4) is 0 Å². The van der Waals surface area contributed by atoms with Crippen molar-refractivity contribution in [3.05, 3.63) is 0 Å². The van der Waals surface area contributed by atoms with E-state index >= 15 is 0 Å². The summed E-state index contributed by atoms with van der Waals surface area (Å²) in [4.78, 5) is 24.1. The van der Waals surface area contributed by atoms with Crippen molar-refractivity contribution in [2.75, 3.05) is 25.5 Å². The first-order chi connectivity index (χ1) is 12.0. The van der Waals surface area contributed by atoms with Crippen molar-refractivity contribution < 1.29 is 29.1 Å². The molecule has 0 bridgehead atoms. The third kappa shape index (κ3) is 8.89. The molecule has 1 fully saturated rings. The van der Waals surface area contributed by atoms with Crippen LogP contribution in [0.2, 0.25) is 0 Å². The molecule has 3 atom stereocenters. The molecule has 0 saturated carbocycles. The van der Waals surface area contributed by atoms with E-state index in [2.05, 4.69) is 0 Å². The monoisotopic (exact) mass is 377 g/mol. The van der Waals surface area contributed by atoms with Crippen LogP contribution in [0.4, 0.5) is 0 Å². The van der Waals surface area contributed by atoms with Gasteiger partial charge in [0.15, 0.2) is 11.1 Å². The van der Waals surface area contributed by atoms with Crippen molar-refractivity contribution in [2.45, 2.75) is 69.8 Å². The summed E-state index contributed by atoms with van der Waals surface area (Å²) in [6, 6.07) is 0. The van der Waals surface area contributed by atoms with E-state index in [0.717, 1.165) is 25.7 Å². The van der Waals surface area contributed by atoms with Gasteiger partial charge in [-0.05, 0) is 36.9 Å². The van der Waals surface area contributed by atoms with Crippen LogP contribution in [-0.4, -0.2) is 68.5 Å². The number of carbonyl (C=O) groups excluding carboxylic acids is 1. The van der Waals surface area contributed by atoms with Crippen LogP contribution in [0.15, 0.2) is 0 Å². The Morgan fingerprint density at radius 2 is 2.12 bits per heavy atom. The molecule has 1 rings (SSSR count). The second-order valence-electron chi connectivity index (χ2n) is 6.43. The van der Waals surface area contributed by atoms with E-state index in [-0.39, 0.29) is 30.1 Å². The molecule has 0 radical (unpaired) electrons. The minimum atomic E-state index is -1.19. The quantitative estimate of drug-likeness (QED) is 0.351. The zero-order valence-electron chi connectivity index (χ0n) is 15.0. The number of aliphatic carboxylic acids is 1. The first kappa shape index (κ1) is 22.2. The molecule has 2 N–H and O–H groups in total. The van der Waals surface area contributed by atoms with E-state index in [1.54, 1.807) is 4.90 Å². The molecule has 0 aromatic carbocycles. The molecule has 146 valence electrons. The van der Waals surface area contributed by atoms with Gasteiger partial charge in [-0.3, -0.25) is 14.5 Å². The van der Waals surface area contributed by atoms with Gasteiger partial charge in [-0.25, -0.2) is 0 Å². The Balaban J connectivity index is 2.30. The molecule has 1 aliphatic rings. The standard InChI is InChI=1S/C17H31NO6S/c1-2-11-24-12-14(19)9-10-18-15(20)13-25(23)16(18)7-5-3-4-6-8-17(21)22/h14,16,19H,2-13H2,1H3,(H,21,22). The van der Waals surface area contributed by atoms with Gasteiger partial charge in [0.2, 0.25) is 0 Å². The van der Waals surface area contributed by atoms with Gasteiger partial charge in [-0.15, -0.1) is 0 Å². The smallest absolute Gasteiger partial charge is 0.303 e. The molecular formula is C17H31NO6S. The molecule has 1 amide bonds. The SMILES string of the molecule is CCCOCC(O)CCN1C(=O)C[S+]([O-])C1CCCCCCC(=O)O. The number of aliphatic hydroxyl groups is 1. The fourth-order valence-corrected chi connectivity index (χ4v) is 4.38. The number of ether oxygens (including phenoxy) is 1. The van der Waals surface area contributed by atoms with Crippen molar-refractivity contribution in [1.29, 1.82) is 0 Å². The summed E-state index contributed by atoms with van der Waals surface area (Å²) >= 11 is -1.19. The van der Waals surface area contributed by atoms with Crippen molar-refractivity contribution in [2.24, 2.45) is 0 Å². The van der Waals surface area contributed by atoms with Gasteiger partial charge in [-0.1, -0.05) is 19.8 Å². The fraction of sp³-hybridized carbons (Fsp3) is 0.882. The molecule has 8 heteroatoms. The van der Waals surface area contributed by atoms with Crippen LogP contribution >= 0.6 is 0 Å². The predicted molar refractivity (Wildman–Crippen MR) is 95.6 cm³/mol. The summed E-state index contributed by atoms with van der Waals surface area (Å²) in [5.41, 5.74) is 0. The van der Waals surface area contributed by atoms with Crippen molar-refractivity contribution in [3.63, 3.8) is 0 Å². The van der Waals surface area contributed by atoms with Crippen LogP contribution in [-0.2, 0) is 25.5 Å². The third-order valence-electron chi connectivity index (χ3n) is 4.19. The van der Waals surface area contributed by atoms with Gasteiger partial charge in [0.05, 0.1) is 12.7 Å². The highest BCUT2D eigenvalue weighted by Crippen LogP contribution is 2.24. The van der Waals surface area contributed by atoms with E-state index in [1.807, 2.05) is 6.92 Å². The molecule has 1 heterocycles. The Kier molecular flexibility index (Phi) is 11.1. The number of carboxylic acids is 1. The summed E-state index contributed by atoms with van der Waals surface area (Å²) in [5, 5.41) is 18.2. The maximum atomic E-state index is 12.1. The minimum Gasteiger partial charge on any atom is -0.614 e. The molecule has 3 unspecified atom stereocenters. The van der Waals surface area contributed by atoms with Crippen molar-refractivity contribution >= 4 is 23.1 Å². The number of amides is 1. The van der Waals surface area contributed by atoms with Gasteiger partial charge in [0.25, 0.3) is 5.91 Å².